The van der Waals surface area contributed by atoms with Gasteiger partial charge >= 0.3 is 5.97 Å². The molecule has 0 saturated carbocycles. The molecule has 0 aliphatic carbocycles. The molecule has 7 nitrogen and oxygen atoms in total. The lowest BCUT2D eigenvalue weighted by molar-refractivity contribution is -0.144. The standard InChI is InChI=1S/C12H22N2O5/c1-18-4-2-3-14-11(15)8-19-10-5-9(12(16)17)6-13-7-10/h9-10,13H,2-8H2,1H3,(H,14,15)(H,16,17). The molecule has 0 spiro atoms. The van der Waals surface area contributed by atoms with E-state index in [2.05, 4.69) is 10.6 Å². The molecule has 1 heterocycles. The summed E-state index contributed by atoms with van der Waals surface area (Å²) < 4.78 is 10.3. The summed E-state index contributed by atoms with van der Waals surface area (Å²) >= 11 is 0. The van der Waals surface area contributed by atoms with Crippen LogP contribution in [-0.4, -0.2) is 63.0 Å². The second-order valence-electron chi connectivity index (χ2n) is 4.56. The van der Waals surface area contributed by atoms with Gasteiger partial charge in [0.1, 0.15) is 6.61 Å². The van der Waals surface area contributed by atoms with Crippen molar-refractivity contribution in [3.8, 4) is 0 Å². The van der Waals surface area contributed by atoms with E-state index in [1.54, 1.807) is 7.11 Å². The first-order valence-electron chi connectivity index (χ1n) is 6.44. The predicted octanol–water partition coefficient (Wildman–Crippen LogP) is -0.782. The van der Waals surface area contributed by atoms with Gasteiger partial charge in [-0.05, 0) is 12.8 Å². The van der Waals surface area contributed by atoms with Crippen molar-refractivity contribution in [2.24, 2.45) is 5.92 Å². The molecule has 0 aromatic heterocycles. The Kier molecular flexibility index (Phi) is 7.39. The fraction of sp³-hybridized carbons (Fsp3) is 0.833. The van der Waals surface area contributed by atoms with Crippen molar-refractivity contribution >= 4 is 11.9 Å². The first-order chi connectivity index (χ1) is 9.13. The molecular formula is C12H22N2O5. The predicted molar refractivity (Wildman–Crippen MR) is 67.9 cm³/mol. The van der Waals surface area contributed by atoms with Gasteiger partial charge in [0.25, 0.3) is 0 Å². The van der Waals surface area contributed by atoms with E-state index in [1.165, 1.54) is 0 Å². The number of methoxy groups -OCH3 is 1. The molecule has 19 heavy (non-hydrogen) atoms. The van der Waals surface area contributed by atoms with E-state index in [0.29, 0.717) is 32.7 Å². The molecule has 1 fully saturated rings. The van der Waals surface area contributed by atoms with Gasteiger partial charge in [-0.1, -0.05) is 0 Å². The smallest absolute Gasteiger partial charge is 0.307 e. The third-order valence-electron chi connectivity index (χ3n) is 2.96. The Morgan fingerprint density at radius 2 is 2.21 bits per heavy atom. The van der Waals surface area contributed by atoms with Crippen molar-refractivity contribution < 1.29 is 24.2 Å². The zero-order chi connectivity index (χ0) is 14.1. The van der Waals surface area contributed by atoms with Gasteiger partial charge in [-0.15, -0.1) is 0 Å². The first-order valence-corrected chi connectivity index (χ1v) is 6.44. The molecule has 3 N–H and O–H groups in total. The number of amides is 1. The second-order valence-corrected chi connectivity index (χ2v) is 4.56. The average Bonchev–Trinajstić information content (AvgIpc) is 2.41. The Hall–Kier alpha value is -1.18. The maximum Gasteiger partial charge on any atom is 0.307 e. The van der Waals surface area contributed by atoms with Crippen LogP contribution in [0.1, 0.15) is 12.8 Å². The number of carbonyl (C=O) groups is 2. The van der Waals surface area contributed by atoms with E-state index in [4.69, 9.17) is 14.6 Å². The highest BCUT2D eigenvalue weighted by atomic mass is 16.5. The Morgan fingerprint density at radius 3 is 2.89 bits per heavy atom. The Labute approximate surface area is 112 Å². The summed E-state index contributed by atoms with van der Waals surface area (Å²) in [5, 5.41) is 14.6. The van der Waals surface area contributed by atoms with Crippen LogP contribution in [0, 0.1) is 5.92 Å². The summed E-state index contributed by atoms with van der Waals surface area (Å²) in [7, 11) is 1.61. The van der Waals surface area contributed by atoms with Crippen LogP contribution in [0.25, 0.3) is 0 Å². The van der Waals surface area contributed by atoms with E-state index in [1.807, 2.05) is 0 Å². The maximum absolute atomic E-state index is 11.5. The molecule has 0 bridgehead atoms. The number of aliphatic carboxylic acids is 1. The number of ether oxygens (including phenoxy) is 2. The molecule has 110 valence electrons. The number of piperidine rings is 1. The molecule has 2 unspecified atom stereocenters. The van der Waals surface area contributed by atoms with Crippen molar-refractivity contribution in [3.05, 3.63) is 0 Å². The van der Waals surface area contributed by atoms with Gasteiger partial charge in [0.2, 0.25) is 5.91 Å². The van der Waals surface area contributed by atoms with Gasteiger partial charge in [0, 0.05) is 33.4 Å². The summed E-state index contributed by atoms with van der Waals surface area (Å²) in [4.78, 5) is 22.3. The highest BCUT2D eigenvalue weighted by molar-refractivity contribution is 5.77. The minimum atomic E-state index is -0.829. The minimum Gasteiger partial charge on any atom is -0.481 e. The molecule has 1 amide bonds. The van der Waals surface area contributed by atoms with E-state index in [0.717, 1.165) is 6.42 Å². The summed E-state index contributed by atoms with van der Waals surface area (Å²) in [6, 6.07) is 0. The number of carboxylic acid groups (broad SMARTS) is 1. The molecule has 1 saturated heterocycles. The third kappa shape index (κ3) is 6.51. The number of carbonyl (C=O) groups excluding carboxylic acids is 1. The lowest BCUT2D eigenvalue weighted by Crippen LogP contribution is -2.44. The Bertz CT molecular complexity index is 298. The quantitative estimate of drug-likeness (QED) is 0.502. The van der Waals surface area contributed by atoms with Crippen LogP contribution < -0.4 is 10.6 Å². The van der Waals surface area contributed by atoms with Crippen LogP contribution in [0.3, 0.4) is 0 Å². The Morgan fingerprint density at radius 1 is 1.42 bits per heavy atom. The number of hydrogen-bond donors (Lipinski definition) is 3. The molecular weight excluding hydrogens is 252 g/mol. The molecule has 0 aromatic carbocycles. The third-order valence-corrected chi connectivity index (χ3v) is 2.96. The van der Waals surface area contributed by atoms with E-state index >= 15 is 0 Å². The van der Waals surface area contributed by atoms with Crippen LogP contribution in [0.2, 0.25) is 0 Å². The van der Waals surface area contributed by atoms with Crippen molar-refractivity contribution in [1.29, 1.82) is 0 Å². The van der Waals surface area contributed by atoms with E-state index in [9.17, 15) is 9.59 Å². The van der Waals surface area contributed by atoms with Gasteiger partial charge in [-0.3, -0.25) is 9.59 Å². The summed E-state index contributed by atoms with van der Waals surface area (Å²) in [5.74, 6) is -1.46. The van der Waals surface area contributed by atoms with Crippen LogP contribution in [0.5, 0.6) is 0 Å². The molecule has 7 heteroatoms. The highest BCUT2D eigenvalue weighted by Crippen LogP contribution is 2.13. The van der Waals surface area contributed by atoms with Crippen LogP contribution >= 0.6 is 0 Å². The lowest BCUT2D eigenvalue weighted by Gasteiger charge is -2.27. The number of rotatable bonds is 8. The van der Waals surface area contributed by atoms with Crippen molar-refractivity contribution in [2.45, 2.75) is 18.9 Å². The van der Waals surface area contributed by atoms with Gasteiger partial charge in [0.15, 0.2) is 0 Å². The molecule has 2 atom stereocenters. The fourth-order valence-corrected chi connectivity index (χ4v) is 1.91. The number of carboxylic acids is 1. The normalized spacial score (nSPS) is 23.0. The van der Waals surface area contributed by atoms with Gasteiger partial charge in [-0.25, -0.2) is 0 Å². The van der Waals surface area contributed by atoms with Crippen LogP contribution in [-0.2, 0) is 19.1 Å². The molecule has 0 aromatic rings. The average molecular weight is 274 g/mol. The Balaban J connectivity index is 2.13. The fourth-order valence-electron chi connectivity index (χ4n) is 1.91. The summed E-state index contributed by atoms with van der Waals surface area (Å²) in [5.41, 5.74) is 0. The SMILES string of the molecule is COCCCNC(=O)COC1CNCC(C(=O)O)C1. The molecule has 1 aliphatic heterocycles. The van der Waals surface area contributed by atoms with Crippen LogP contribution in [0.15, 0.2) is 0 Å². The van der Waals surface area contributed by atoms with E-state index < -0.39 is 11.9 Å². The summed E-state index contributed by atoms with van der Waals surface area (Å²) in [6.07, 6.45) is 0.979. The van der Waals surface area contributed by atoms with Crippen molar-refractivity contribution in [1.82, 2.24) is 10.6 Å². The lowest BCUT2D eigenvalue weighted by atomic mass is 9.98. The number of nitrogens with one attached hydrogen (secondary N) is 2. The minimum absolute atomic E-state index is 0.0360. The van der Waals surface area contributed by atoms with Gasteiger partial charge < -0.3 is 25.2 Å². The zero-order valence-electron chi connectivity index (χ0n) is 11.2. The van der Waals surface area contributed by atoms with Crippen molar-refractivity contribution in [3.63, 3.8) is 0 Å². The van der Waals surface area contributed by atoms with E-state index in [-0.39, 0.29) is 18.6 Å². The molecule has 0 radical (unpaired) electrons. The largest absolute Gasteiger partial charge is 0.481 e. The summed E-state index contributed by atoms with van der Waals surface area (Å²) in [6.45, 7) is 2.16. The number of hydrogen-bond acceptors (Lipinski definition) is 5. The van der Waals surface area contributed by atoms with Gasteiger partial charge in [0.05, 0.1) is 12.0 Å². The van der Waals surface area contributed by atoms with Gasteiger partial charge in [-0.2, -0.15) is 0 Å². The van der Waals surface area contributed by atoms with Crippen LogP contribution in [0.4, 0.5) is 0 Å². The molecule has 1 rings (SSSR count). The monoisotopic (exact) mass is 274 g/mol. The maximum atomic E-state index is 11.5. The second kappa shape index (κ2) is 8.84. The first kappa shape index (κ1) is 15.9. The zero-order valence-corrected chi connectivity index (χ0v) is 11.2. The molecule has 1 aliphatic rings. The topological polar surface area (TPSA) is 96.9 Å². The van der Waals surface area contributed by atoms with Crippen molar-refractivity contribution in [2.75, 3.05) is 40.0 Å². The highest BCUT2D eigenvalue weighted by Gasteiger charge is 2.27.